The second-order valence-corrected chi connectivity index (χ2v) is 5.18. The van der Waals surface area contributed by atoms with Gasteiger partial charge >= 0.3 is 0 Å². The molecule has 0 aliphatic heterocycles. The first-order valence-electron chi connectivity index (χ1n) is 6.61. The number of ether oxygens (including phenoxy) is 1. The molecular weight excluding hydrogens is 278 g/mol. The lowest BCUT2D eigenvalue weighted by Gasteiger charge is -2.43. The standard InChI is InChI=1S/C13H17N3O5/c1-21-13-10(18)8(9(17)11(19)12(13)20)16-7-5-3-2-4-6(7)14-15-16/h2-5,8-13,17-20H,1H3/t8-,9-,10+,11+,12+,13+/m1/s1. The summed E-state index contributed by atoms with van der Waals surface area (Å²) in [4.78, 5) is 0. The largest absolute Gasteiger partial charge is 0.388 e. The van der Waals surface area contributed by atoms with E-state index < -0.39 is 36.6 Å². The zero-order valence-electron chi connectivity index (χ0n) is 11.3. The molecule has 1 aliphatic carbocycles. The van der Waals surface area contributed by atoms with Crippen molar-refractivity contribution in [3.8, 4) is 0 Å². The Kier molecular flexibility index (Phi) is 3.64. The molecule has 1 heterocycles. The van der Waals surface area contributed by atoms with E-state index in [4.69, 9.17) is 4.74 Å². The van der Waals surface area contributed by atoms with E-state index in [2.05, 4.69) is 10.3 Å². The lowest BCUT2D eigenvalue weighted by atomic mass is 9.83. The van der Waals surface area contributed by atoms with Crippen LogP contribution in [0.5, 0.6) is 0 Å². The van der Waals surface area contributed by atoms with Crippen molar-refractivity contribution >= 4 is 11.0 Å². The Labute approximate surface area is 120 Å². The van der Waals surface area contributed by atoms with Crippen LogP contribution in [0.1, 0.15) is 6.04 Å². The molecule has 0 spiro atoms. The average molecular weight is 295 g/mol. The predicted octanol–water partition coefficient (Wildman–Crippen LogP) is -1.56. The number of para-hydroxylation sites is 1. The van der Waals surface area contributed by atoms with Gasteiger partial charge in [-0.2, -0.15) is 0 Å². The molecule has 6 atom stereocenters. The summed E-state index contributed by atoms with van der Waals surface area (Å²) in [6.45, 7) is 0. The molecule has 21 heavy (non-hydrogen) atoms. The van der Waals surface area contributed by atoms with Gasteiger partial charge in [-0.25, -0.2) is 4.68 Å². The van der Waals surface area contributed by atoms with Gasteiger partial charge in [-0.3, -0.25) is 0 Å². The molecule has 4 N–H and O–H groups in total. The van der Waals surface area contributed by atoms with Gasteiger partial charge in [-0.1, -0.05) is 17.3 Å². The molecular formula is C13H17N3O5. The van der Waals surface area contributed by atoms with Crippen molar-refractivity contribution in [3.05, 3.63) is 24.3 Å². The number of aliphatic hydroxyl groups excluding tert-OH is 4. The Morgan fingerprint density at radius 1 is 1.00 bits per heavy atom. The van der Waals surface area contributed by atoms with Gasteiger partial charge in [0.25, 0.3) is 0 Å². The Hall–Kier alpha value is -1.58. The number of aliphatic hydroxyl groups is 4. The number of methoxy groups -OCH3 is 1. The monoisotopic (exact) mass is 295 g/mol. The number of hydrogen-bond acceptors (Lipinski definition) is 7. The lowest BCUT2D eigenvalue weighted by molar-refractivity contribution is -0.207. The quantitative estimate of drug-likeness (QED) is 0.529. The van der Waals surface area contributed by atoms with E-state index in [1.165, 1.54) is 11.8 Å². The van der Waals surface area contributed by atoms with E-state index in [9.17, 15) is 20.4 Å². The maximum atomic E-state index is 10.4. The van der Waals surface area contributed by atoms with Crippen molar-refractivity contribution in [3.63, 3.8) is 0 Å². The first-order chi connectivity index (χ1) is 10.1. The van der Waals surface area contributed by atoms with Crippen LogP contribution in [-0.4, -0.2) is 73.0 Å². The van der Waals surface area contributed by atoms with Crippen LogP contribution in [0.2, 0.25) is 0 Å². The highest BCUT2D eigenvalue weighted by molar-refractivity contribution is 5.74. The van der Waals surface area contributed by atoms with Crippen molar-refractivity contribution < 1.29 is 25.2 Å². The third-order valence-corrected chi connectivity index (χ3v) is 4.00. The Morgan fingerprint density at radius 2 is 1.71 bits per heavy atom. The highest BCUT2D eigenvalue weighted by Gasteiger charge is 2.50. The molecule has 0 amide bonds. The summed E-state index contributed by atoms with van der Waals surface area (Å²) in [5, 5.41) is 48.3. The number of rotatable bonds is 2. The third kappa shape index (κ3) is 2.12. The minimum absolute atomic E-state index is 0.603. The van der Waals surface area contributed by atoms with E-state index in [0.717, 1.165) is 0 Å². The number of nitrogens with zero attached hydrogens (tertiary/aromatic N) is 3. The van der Waals surface area contributed by atoms with Crippen molar-refractivity contribution in [1.29, 1.82) is 0 Å². The van der Waals surface area contributed by atoms with Crippen LogP contribution < -0.4 is 0 Å². The molecule has 1 aromatic carbocycles. The van der Waals surface area contributed by atoms with Crippen LogP contribution in [0.15, 0.2) is 24.3 Å². The smallest absolute Gasteiger partial charge is 0.114 e. The summed E-state index contributed by atoms with van der Waals surface area (Å²) in [6, 6.07) is 6.10. The van der Waals surface area contributed by atoms with E-state index in [1.54, 1.807) is 24.3 Å². The molecule has 8 nitrogen and oxygen atoms in total. The maximum Gasteiger partial charge on any atom is 0.114 e. The van der Waals surface area contributed by atoms with E-state index in [0.29, 0.717) is 11.0 Å². The van der Waals surface area contributed by atoms with Gasteiger partial charge in [0, 0.05) is 7.11 Å². The van der Waals surface area contributed by atoms with Crippen LogP contribution in [-0.2, 0) is 4.74 Å². The first kappa shape index (κ1) is 14.4. The summed E-state index contributed by atoms with van der Waals surface area (Å²) in [5.41, 5.74) is 1.21. The molecule has 0 saturated heterocycles. The van der Waals surface area contributed by atoms with Gasteiger partial charge in [0.1, 0.15) is 42.1 Å². The van der Waals surface area contributed by atoms with Crippen molar-refractivity contribution in [2.24, 2.45) is 0 Å². The lowest BCUT2D eigenvalue weighted by Crippen LogP contribution is -2.61. The van der Waals surface area contributed by atoms with Gasteiger partial charge < -0.3 is 25.2 Å². The zero-order valence-corrected chi connectivity index (χ0v) is 11.3. The fraction of sp³-hybridized carbons (Fsp3) is 0.538. The second-order valence-electron chi connectivity index (χ2n) is 5.18. The molecule has 0 unspecified atom stereocenters. The second kappa shape index (κ2) is 5.32. The summed E-state index contributed by atoms with van der Waals surface area (Å²) >= 11 is 0. The molecule has 114 valence electrons. The average Bonchev–Trinajstić information content (AvgIpc) is 2.90. The number of benzene rings is 1. The summed E-state index contributed by atoms with van der Waals surface area (Å²) < 4.78 is 6.40. The molecule has 3 rings (SSSR count). The molecule has 1 aromatic heterocycles. The molecule has 1 fully saturated rings. The summed E-state index contributed by atoms with van der Waals surface area (Å²) in [7, 11) is 1.32. The van der Waals surface area contributed by atoms with Crippen LogP contribution in [0.3, 0.4) is 0 Å². The van der Waals surface area contributed by atoms with Gasteiger partial charge in [0.15, 0.2) is 0 Å². The van der Waals surface area contributed by atoms with Crippen LogP contribution >= 0.6 is 0 Å². The SMILES string of the molecule is CO[C@H]1[C@@H](O)[C@H](n2nnc3ccccc32)[C@@H](O)[C@H](O)[C@@H]1O. The van der Waals surface area contributed by atoms with E-state index in [1.807, 2.05) is 0 Å². The first-order valence-corrected chi connectivity index (χ1v) is 6.61. The minimum atomic E-state index is -1.45. The van der Waals surface area contributed by atoms with Gasteiger partial charge in [0.2, 0.25) is 0 Å². The molecule has 0 radical (unpaired) electrons. The van der Waals surface area contributed by atoms with Gasteiger partial charge in [0.05, 0.1) is 5.52 Å². The van der Waals surface area contributed by atoms with Crippen molar-refractivity contribution in [2.45, 2.75) is 36.6 Å². The van der Waals surface area contributed by atoms with Crippen molar-refractivity contribution in [2.75, 3.05) is 7.11 Å². The molecule has 0 bridgehead atoms. The minimum Gasteiger partial charge on any atom is -0.388 e. The maximum absolute atomic E-state index is 10.4. The van der Waals surface area contributed by atoms with Crippen molar-refractivity contribution in [1.82, 2.24) is 15.0 Å². The predicted molar refractivity (Wildman–Crippen MR) is 71.4 cm³/mol. The third-order valence-electron chi connectivity index (χ3n) is 4.00. The highest BCUT2D eigenvalue weighted by Crippen LogP contribution is 2.32. The van der Waals surface area contributed by atoms with E-state index in [-0.39, 0.29) is 0 Å². The highest BCUT2D eigenvalue weighted by atomic mass is 16.5. The molecule has 2 aromatic rings. The van der Waals surface area contributed by atoms with Crippen LogP contribution in [0.25, 0.3) is 11.0 Å². The molecule has 8 heteroatoms. The normalized spacial score (nSPS) is 37.0. The summed E-state index contributed by atoms with van der Waals surface area (Å²) in [6.07, 6.45) is -6.51. The zero-order chi connectivity index (χ0) is 15.1. The molecule has 1 saturated carbocycles. The Balaban J connectivity index is 2.07. The number of hydrogen-bond donors (Lipinski definition) is 4. The Morgan fingerprint density at radius 3 is 2.43 bits per heavy atom. The van der Waals surface area contributed by atoms with Crippen LogP contribution in [0.4, 0.5) is 0 Å². The van der Waals surface area contributed by atoms with E-state index >= 15 is 0 Å². The van der Waals surface area contributed by atoms with Crippen LogP contribution in [0, 0.1) is 0 Å². The fourth-order valence-corrected chi connectivity index (χ4v) is 2.87. The molecule has 1 aliphatic rings. The van der Waals surface area contributed by atoms with Gasteiger partial charge in [-0.05, 0) is 12.1 Å². The number of fused-ring (bicyclic) bond motifs is 1. The Bertz CT molecular complexity index is 633. The summed E-state index contributed by atoms with van der Waals surface area (Å²) in [5.74, 6) is 0. The number of aromatic nitrogens is 3. The van der Waals surface area contributed by atoms with Gasteiger partial charge in [-0.15, -0.1) is 5.10 Å². The fourth-order valence-electron chi connectivity index (χ4n) is 2.87. The topological polar surface area (TPSA) is 121 Å².